The molecule has 0 atom stereocenters. The fraction of sp³-hybridized carbons (Fsp3) is 0.542. The maximum absolute atomic E-state index is 13.8. The van der Waals surface area contributed by atoms with Gasteiger partial charge in [0, 0.05) is 32.2 Å². The first-order valence-electron chi connectivity index (χ1n) is 11.5. The second-order valence-electron chi connectivity index (χ2n) is 9.07. The molecular formula is C24H31F2N5O. The van der Waals surface area contributed by atoms with E-state index in [-0.39, 0.29) is 5.56 Å². The highest BCUT2D eigenvalue weighted by Crippen LogP contribution is 2.30. The topological polar surface area (TPSA) is 70.2 Å². The van der Waals surface area contributed by atoms with Gasteiger partial charge in [0.15, 0.2) is 11.6 Å². The number of nitrogens with one attached hydrogen (secondary N) is 2. The third-order valence-corrected chi connectivity index (χ3v) is 6.51. The monoisotopic (exact) mass is 443 g/mol. The predicted octanol–water partition coefficient (Wildman–Crippen LogP) is 4.10. The Labute approximate surface area is 187 Å². The summed E-state index contributed by atoms with van der Waals surface area (Å²) in [5.74, 6) is -0.645. The van der Waals surface area contributed by atoms with Crippen molar-refractivity contribution < 1.29 is 13.6 Å². The standard InChI is InChI=1S/C24H31F2N5O/c1-31(2)22-17-6-3-4-9-20(17)29-24(30-22)28-16-12-10-15(11-13-16)14-27-23(32)18-7-5-8-19(25)21(18)26/h5,7-8,15-16H,3-4,6,9-14H2,1-2H3,(H,27,32)(H,28,29,30)/t15-,16+. The zero-order chi connectivity index (χ0) is 22.7. The van der Waals surface area contributed by atoms with E-state index < -0.39 is 17.5 Å². The summed E-state index contributed by atoms with van der Waals surface area (Å²) in [4.78, 5) is 23.9. The van der Waals surface area contributed by atoms with Crippen LogP contribution in [0.5, 0.6) is 0 Å². The number of aromatic nitrogens is 2. The number of anilines is 2. The molecule has 1 saturated carbocycles. The molecule has 8 heteroatoms. The maximum Gasteiger partial charge on any atom is 0.254 e. The Kier molecular flexibility index (Phi) is 6.86. The Balaban J connectivity index is 1.30. The maximum atomic E-state index is 13.8. The minimum absolute atomic E-state index is 0.249. The number of carbonyl (C=O) groups excluding carboxylic acids is 1. The van der Waals surface area contributed by atoms with E-state index in [1.54, 1.807) is 0 Å². The molecule has 6 nitrogen and oxygen atoms in total. The van der Waals surface area contributed by atoms with Crippen LogP contribution in [-0.2, 0) is 12.8 Å². The first-order valence-corrected chi connectivity index (χ1v) is 11.5. The number of rotatable bonds is 6. The van der Waals surface area contributed by atoms with Crippen molar-refractivity contribution in [1.82, 2.24) is 15.3 Å². The van der Waals surface area contributed by atoms with Gasteiger partial charge < -0.3 is 15.5 Å². The molecule has 0 unspecified atom stereocenters. The average molecular weight is 444 g/mol. The van der Waals surface area contributed by atoms with E-state index in [1.807, 2.05) is 14.1 Å². The molecule has 0 bridgehead atoms. The highest BCUT2D eigenvalue weighted by molar-refractivity contribution is 5.94. The highest BCUT2D eigenvalue weighted by Gasteiger charge is 2.25. The molecule has 2 aromatic rings. The van der Waals surface area contributed by atoms with E-state index in [4.69, 9.17) is 9.97 Å². The normalized spacial score (nSPS) is 20.4. The molecule has 1 aromatic carbocycles. The smallest absolute Gasteiger partial charge is 0.254 e. The van der Waals surface area contributed by atoms with Crippen LogP contribution >= 0.6 is 0 Å². The summed E-state index contributed by atoms with van der Waals surface area (Å²) >= 11 is 0. The number of hydrogen-bond donors (Lipinski definition) is 2. The second-order valence-corrected chi connectivity index (χ2v) is 9.07. The van der Waals surface area contributed by atoms with Crippen molar-refractivity contribution in [2.45, 2.75) is 57.4 Å². The minimum Gasteiger partial charge on any atom is -0.362 e. The predicted molar refractivity (Wildman–Crippen MR) is 121 cm³/mol. The van der Waals surface area contributed by atoms with Crippen LogP contribution in [0.1, 0.15) is 60.1 Å². The molecule has 172 valence electrons. The van der Waals surface area contributed by atoms with Crippen molar-refractivity contribution in [3.63, 3.8) is 0 Å². The van der Waals surface area contributed by atoms with Crippen molar-refractivity contribution in [3.05, 3.63) is 46.7 Å². The first-order chi connectivity index (χ1) is 15.4. The van der Waals surface area contributed by atoms with Crippen molar-refractivity contribution in [3.8, 4) is 0 Å². The Hall–Kier alpha value is -2.77. The van der Waals surface area contributed by atoms with Crippen molar-refractivity contribution in [2.75, 3.05) is 30.9 Å². The fourth-order valence-corrected chi connectivity index (χ4v) is 4.71. The number of halogens is 2. The molecule has 32 heavy (non-hydrogen) atoms. The molecule has 4 rings (SSSR count). The summed E-state index contributed by atoms with van der Waals surface area (Å²) in [5.41, 5.74) is 2.20. The number of nitrogens with zero attached hydrogens (tertiary/aromatic N) is 3. The Bertz CT molecular complexity index is 973. The van der Waals surface area contributed by atoms with Gasteiger partial charge in [0.2, 0.25) is 5.95 Å². The van der Waals surface area contributed by atoms with Gasteiger partial charge in [0.25, 0.3) is 5.91 Å². The molecule has 1 aromatic heterocycles. The molecule has 0 saturated heterocycles. The largest absolute Gasteiger partial charge is 0.362 e. The molecule has 2 N–H and O–H groups in total. The molecule has 0 spiro atoms. The first kappa shape index (κ1) is 22.4. The van der Waals surface area contributed by atoms with Crippen LogP contribution in [0.2, 0.25) is 0 Å². The van der Waals surface area contributed by atoms with Crippen LogP contribution in [0.25, 0.3) is 0 Å². The highest BCUT2D eigenvalue weighted by atomic mass is 19.2. The van der Waals surface area contributed by atoms with E-state index in [9.17, 15) is 13.6 Å². The van der Waals surface area contributed by atoms with Crippen LogP contribution in [-0.4, -0.2) is 42.6 Å². The van der Waals surface area contributed by atoms with E-state index in [1.165, 1.54) is 36.2 Å². The summed E-state index contributed by atoms with van der Waals surface area (Å²) in [6, 6.07) is 3.94. The van der Waals surface area contributed by atoms with Gasteiger partial charge >= 0.3 is 0 Å². The van der Waals surface area contributed by atoms with Gasteiger partial charge in [-0.15, -0.1) is 0 Å². The molecule has 1 amide bonds. The van der Waals surface area contributed by atoms with Crippen LogP contribution in [0, 0.1) is 17.6 Å². The quantitative estimate of drug-likeness (QED) is 0.704. The van der Waals surface area contributed by atoms with Crippen LogP contribution < -0.4 is 15.5 Å². The van der Waals surface area contributed by atoms with E-state index in [0.717, 1.165) is 50.4 Å². The van der Waals surface area contributed by atoms with E-state index >= 15 is 0 Å². The van der Waals surface area contributed by atoms with Crippen molar-refractivity contribution >= 4 is 17.7 Å². The van der Waals surface area contributed by atoms with Gasteiger partial charge in [0.05, 0.1) is 11.3 Å². The van der Waals surface area contributed by atoms with Crippen LogP contribution in [0.3, 0.4) is 0 Å². The Morgan fingerprint density at radius 1 is 1.09 bits per heavy atom. The summed E-state index contributed by atoms with van der Waals surface area (Å²) in [6.45, 7) is 0.460. The van der Waals surface area contributed by atoms with Gasteiger partial charge in [-0.05, 0) is 69.4 Å². The number of amides is 1. The van der Waals surface area contributed by atoms with Crippen molar-refractivity contribution in [2.24, 2.45) is 5.92 Å². The van der Waals surface area contributed by atoms with Crippen LogP contribution in [0.4, 0.5) is 20.5 Å². The molecule has 1 heterocycles. The minimum atomic E-state index is -1.10. The number of fused-ring (bicyclic) bond motifs is 1. The number of hydrogen-bond acceptors (Lipinski definition) is 5. The zero-order valence-electron chi connectivity index (χ0n) is 18.8. The summed E-state index contributed by atoms with van der Waals surface area (Å²) in [7, 11) is 4.05. The summed E-state index contributed by atoms with van der Waals surface area (Å²) in [6.07, 6.45) is 8.19. The molecule has 0 aliphatic heterocycles. The zero-order valence-corrected chi connectivity index (χ0v) is 18.8. The lowest BCUT2D eigenvalue weighted by Crippen LogP contribution is -2.34. The summed E-state index contributed by atoms with van der Waals surface area (Å²) in [5, 5.41) is 6.28. The average Bonchev–Trinajstić information content (AvgIpc) is 2.79. The lowest BCUT2D eigenvalue weighted by Gasteiger charge is -2.30. The van der Waals surface area contributed by atoms with Gasteiger partial charge in [-0.3, -0.25) is 4.79 Å². The van der Waals surface area contributed by atoms with Gasteiger partial charge in [-0.25, -0.2) is 13.8 Å². The van der Waals surface area contributed by atoms with E-state index in [2.05, 4.69) is 15.5 Å². The Morgan fingerprint density at radius 3 is 2.59 bits per heavy atom. The van der Waals surface area contributed by atoms with Gasteiger partial charge in [0.1, 0.15) is 5.82 Å². The molecule has 0 radical (unpaired) electrons. The van der Waals surface area contributed by atoms with Crippen LogP contribution in [0.15, 0.2) is 18.2 Å². The van der Waals surface area contributed by atoms with Gasteiger partial charge in [-0.1, -0.05) is 6.07 Å². The Morgan fingerprint density at radius 2 is 1.84 bits per heavy atom. The number of benzene rings is 1. The molecule has 1 fully saturated rings. The number of carbonyl (C=O) groups is 1. The lowest BCUT2D eigenvalue weighted by atomic mass is 9.86. The van der Waals surface area contributed by atoms with Crippen molar-refractivity contribution in [1.29, 1.82) is 0 Å². The van der Waals surface area contributed by atoms with Gasteiger partial charge in [-0.2, -0.15) is 4.98 Å². The third-order valence-electron chi connectivity index (χ3n) is 6.51. The second kappa shape index (κ2) is 9.79. The summed E-state index contributed by atoms with van der Waals surface area (Å²) < 4.78 is 27.1. The molecule has 2 aliphatic rings. The van der Waals surface area contributed by atoms with E-state index in [0.29, 0.717) is 24.5 Å². The molecular weight excluding hydrogens is 412 g/mol. The number of aryl methyl sites for hydroxylation is 1. The fourth-order valence-electron chi connectivity index (χ4n) is 4.71. The molecule has 2 aliphatic carbocycles. The third kappa shape index (κ3) is 5.00. The lowest BCUT2D eigenvalue weighted by molar-refractivity contribution is 0.0938. The SMILES string of the molecule is CN(C)c1nc(N[C@H]2CC[C@@H](CNC(=O)c3cccc(F)c3F)CC2)nc2c1CCCC2.